The summed E-state index contributed by atoms with van der Waals surface area (Å²) in [6.07, 6.45) is 1.64. The summed E-state index contributed by atoms with van der Waals surface area (Å²) in [5.41, 5.74) is 3.78. The summed E-state index contributed by atoms with van der Waals surface area (Å²) in [5, 5.41) is 8.37. The highest BCUT2D eigenvalue weighted by Crippen LogP contribution is 2.29. The van der Waals surface area contributed by atoms with Crippen LogP contribution < -0.4 is 15.2 Å². The van der Waals surface area contributed by atoms with Crippen molar-refractivity contribution in [3.63, 3.8) is 0 Å². The van der Waals surface area contributed by atoms with Gasteiger partial charge in [-0.15, -0.1) is 0 Å². The molecule has 0 aliphatic carbocycles. The van der Waals surface area contributed by atoms with Gasteiger partial charge < -0.3 is 14.1 Å². The molecule has 43 heavy (non-hydrogen) atoms. The van der Waals surface area contributed by atoms with Gasteiger partial charge in [0.1, 0.15) is 17.9 Å². The summed E-state index contributed by atoms with van der Waals surface area (Å²) in [4.78, 5) is 20.6. The smallest absolute Gasteiger partial charge is 0.282 e. The van der Waals surface area contributed by atoms with Gasteiger partial charge in [0.25, 0.3) is 5.56 Å². The molecule has 0 fully saturated rings. The fourth-order valence-electron chi connectivity index (χ4n) is 5.21. The number of rotatable bonds is 7. The van der Waals surface area contributed by atoms with Crippen molar-refractivity contribution in [3.8, 4) is 17.3 Å². The van der Waals surface area contributed by atoms with E-state index in [0.29, 0.717) is 40.4 Å². The van der Waals surface area contributed by atoms with E-state index in [-0.39, 0.29) is 5.56 Å². The van der Waals surface area contributed by atoms with Crippen LogP contribution in [0.5, 0.6) is 5.75 Å². The number of hydrogen-bond acceptors (Lipinski definition) is 6. The third-order valence-corrected chi connectivity index (χ3v) is 7.49. The maximum absolute atomic E-state index is 13.8. The first kappa shape index (κ1) is 26.2. The maximum atomic E-state index is 13.8. The molecule has 0 radical (unpaired) electrons. The van der Waals surface area contributed by atoms with Gasteiger partial charge in [-0.2, -0.15) is 9.78 Å². The third-order valence-electron chi connectivity index (χ3n) is 7.49. The number of nitrogens with zero attached hydrogens (tertiary/aromatic N) is 4. The highest BCUT2D eigenvalue weighted by molar-refractivity contribution is 5.87. The predicted octanol–water partition coefficient (Wildman–Crippen LogP) is 7.49. The van der Waals surface area contributed by atoms with Crippen LogP contribution in [0.2, 0.25) is 0 Å². The van der Waals surface area contributed by atoms with Crippen molar-refractivity contribution in [2.45, 2.75) is 6.61 Å². The molecule has 7 rings (SSSR count). The lowest BCUT2D eigenvalue weighted by atomic mass is 10.1. The van der Waals surface area contributed by atoms with Crippen molar-refractivity contribution in [1.82, 2.24) is 9.66 Å². The first-order valence-electron chi connectivity index (χ1n) is 14.0. The number of furan rings is 1. The lowest BCUT2D eigenvalue weighted by Crippen LogP contribution is -2.20. The maximum Gasteiger partial charge on any atom is 0.282 e. The highest BCUT2D eigenvalue weighted by atomic mass is 16.5. The van der Waals surface area contributed by atoms with Crippen LogP contribution in [0, 0.1) is 0 Å². The van der Waals surface area contributed by atoms with Crippen molar-refractivity contribution >= 4 is 44.5 Å². The van der Waals surface area contributed by atoms with Gasteiger partial charge >= 0.3 is 0 Å². The lowest BCUT2D eigenvalue weighted by molar-refractivity contribution is 0.307. The predicted molar refractivity (Wildman–Crippen MR) is 173 cm³/mol. The minimum Gasteiger partial charge on any atom is -0.488 e. The highest BCUT2D eigenvalue weighted by Gasteiger charge is 2.17. The molecule has 0 unspecified atom stereocenters. The minimum absolute atomic E-state index is 0.291. The number of ether oxygens (including phenoxy) is 1. The molecule has 2 heterocycles. The topological polar surface area (TPSA) is 72.9 Å². The van der Waals surface area contributed by atoms with E-state index < -0.39 is 0 Å². The number of benzene rings is 5. The summed E-state index contributed by atoms with van der Waals surface area (Å²) in [6, 6.07) is 37.2. The molecular formula is C36H28N4O3. The molecule has 2 aromatic heterocycles. The average molecular weight is 565 g/mol. The molecule has 0 bridgehead atoms. The monoisotopic (exact) mass is 564 g/mol. The van der Waals surface area contributed by atoms with E-state index in [9.17, 15) is 4.79 Å². The number of hydrogen-bond donors (Lipinski definition) is 0. The third kappa shape index (κ3) is 5.02. The molecule has 0 N–H and O–H groups in total. The van der Waals surface area contributed by atoms with Crippen LogP contribution in [0.4, 0.5) is 5.69 Å². The first-order valence-corrected chi connectivity index (χ1v) is 14.0. The Bertz CT molecular complexity index is 2170. The number of aromatic nitrogens is 2. The standard InChI is InChI=1S/C36H28N4O3/c1-39(2)28-19-18-26(33(21-28)42-23-27-13-9-12-24-10-3-5-14-29(24)27)22-37-40-35(34-20-25-11-4-8-17-32(25)43-34)38-31-16-7-6-15-30(31)36(40)41/h3-22H,23H2,1-2H3. The Kier molecular flexibility index (Phi) is 6.68. The van der Waals surface area contributed by atoms with Crippen molar-refractivity contribution in [3.05, 3.63) is 137 Å². The van der Waals surface area contributed by atoms with Gasteiger partial charge in [0.15, 0.2) is 5.76 Å². The van der Waals surface area contributed by atoms with E-state index in [4.69, 9.17) is 14.1 Å². The van der Waals surface area contributed by atoms with Crippen LogP contribution in [0.15, 0.2) is 130 Å². The van der Waals surface area contributed by atoms with Gasteiger partial charge in [0, 0.05) is 36.8 Å². The van der Waals surface area contributed by atoms with Gasteiger partial charge in [-0.1, -0.05) is 72.8 Å². The second-order valence-electron chi connectivity index (χ2n) is 10.5. The van der Waals surface area contributed by atoms with Crippen molar-refractivity contribution in [2.75, 3.05) is 19.0 Å². The summed E-state index contributed by atoms with van der Waals surface area (Å²) in [6.45, 7) is 0.376. The fourth-order valence-corrected chi connectivity index (χ4v) is 5.21. The Morgan fingerprint density at radius 2 is 1.58 bits per heavy atom. The van der Waals surface area contributed by atoms with Crippen molar-refractivity contribution in [1.29, 1.82) is 0 Å². The van der Waals surface area contributed by atoms with Gasteiger partial charge in [0.05, 0.1) is 17.1 Å². The van der Waals surface area contributed by atoms with Crippen molar-refractivity contribution in [2.24, 2.45) is 5.10 Å². The Hall–Kier alpha value is -5.69. The second-order valence-corrected chi connectivity index (χ2v) is 10.5. The summed E-state index contributed by atoms with van der Waals surface area (Å²) < 4.78 is 13.8. The van der Waals surface area contributed by atoms with E-state index in [1.165, 1.54) is 4.68 Å². The molecule has 5 aromatic carbocycles. The van der Waals surface area contributed by atoms with E-state index in [1.807, 2.05) is 104 Å². The molecule has 0 saturated carbocycles. The molecule has 7 nitrogen and oxygen atoms in total. The van der Waals surface area contributed by atoms with Gasteiger partial charge in [0.2, 0.25) is 5.82 Å². The first-order chi connectivity index (χ1) is 21.0. The molecule has 7 heteroatoms. The summed E-state index contributed by atoms with van der Waals surface area (Å²) in [7, 11) is 3.97. The molecule has 0 atom stereocenters. The molecule has 0 amide bonds. The number of para-hydroxylation sites is 2. The van der Waals surface area contributed by atoms with E-state index in [1.54, 1.807) is 12.3 Å². The molecule has 0 saturated heterocycles. The Morgan fingerprint density at radius 3 is 2.42 bits per heavy atom. The lowest BCUT2D eigenvalue weighted by Gasteiger charge is -2.16. The number of anilines is 1. The summed E-state index contributed by atoms with van der Waals surface area (Å²) >= 11 is 0. The van der Waals surface area contributed by atoms with E-state index >= 15 is 0 Å². The van der Waals surface area contributed by atoms with Gasteiger partial charge in [-0.3, -0.25) is 4.79 Å². The fraction of sp³-hybridized carbons (Fsp3) is 0.0833. The van der Waals surface area contributed by atoms with Crippen LogP contribution in [-0.2, 0) is 6.61 Å². The molecule has 0 spiro atoms. The van der Waals surface area contributed by atoms with Crippen LogP contribution in [0.3, 0.4) is 0 Å². The Labute approximate surface area is 247 Å². The normalized spacial score (nSPS) is 11.6. The van der Waals surface area contributed by atoms with E-state index in [0.717, 1.165) is 33.0 Å². The molecule has 0 aliphatic heterocycles. The zero-order chi connectivity index (χ0) is 29.3. The number of fused-ring (bicyclic) bond motifs is 3. The second kappa shape index (κ2) is 10.9. The zero-order valence-electron chi connectivity index (χ0n) is 23.8. The largest absolute Gasteiger partial charge is 0.488 e. The zero-order valence-corrected chi connectivity index (χ0v) is 23.8. The van der Waals surface area contributed by atoms with Crippen LogP contribution in [0.25, 0.3) is 44.2 Å². The van der Waals surface area contributed by atoms with Crippen LogP contribution in [-0.4, -0.2) is 30.0 Å². The van der Waals surface area contributed by atoms with Crippen LogP contribution >= 0.6 is 0 Å². The van der Waals surface area contributed by atoms with Crippen LogP contribution in [0.1, 0.15) is 11.1 Å². The average Bonchev–Trinajstić information content (AvgIpc) is 3.48. The molecule has 210 valence electrons. The quantitative estimate of drug-likeness (QED) is 0.188. The molecular weight excluding hydrogens is 536 g/mol. The van der Waals surface area contributed by atoms with Gasteiger partial charge in [-0.05, 0) is 52.7 Å². The van der Waals surface area contributed by atoms with E-state index in [2.05, 4.69) is 29.4 Å². The molecule has 0 aliphatic rings. The van der Waals surface area contributed by atoms with Gasteiger partial charge in [-0.25, -0.2) is 4.98 Å². The molecule has 7 aromatic rings. The summed E-state index contributed by atoms with van der Waals surface area (Å²) in [5.74, 6) is 1.42. The van der Waals surface area contributed by atoms with Crippen molar-refractivity contribution < 1.29 is 9.15 Å². The Morgan fingerprint density at radius 1 is 0.837 bits per heavy atom. The SMILES string of the molecule is CN(C)c1ccc(C=Nn2c(-c3cc4ccccc4o3)nc3ccccc3c2=O)c(OCc2cccc3ccccc23)c1. The Balaban J connectivity index is 1.32. The minimum atomic E-state index is -0.291.